The van der Waals surface area contributed by atoms with E-state index in [1.807, 2.05) is 5.32 Å². The van der Waals surface area contributed by atoms with Gasteiger partial charge in [0.15, 0.2) is 5.65 Å². The summed E-state index contributed by atoms with van der Waals surface area (Å²) >= 11 is 0. The van der Waals surface area contributed by atoms with Gasteiger partial charge in [0, 0.05) is 19.4 Å². The molecule has 1 saturated heterocycles. The summed E-state index contributed by atoms with van der Waals surface area (Å²) in [5.74, 6) is -4.45. The highest BCUT2D eigenvalue weighted by Gasteiger charge is 2.47. The van der Waals surface area contributed by atoms with Crippen LogP contribution in [-0.4, -0.2) is 73.4 Å². The van der Waals surface area contributed by atoms with E-state index >= 15 is 0 Å². The van der Waals surface area contributed by atoms with E-state index in [9.17, 15) is 40.3 Å². The summed E-state index contributed by atoms with van der Waals surface area (Å²) in [5, 5.41) is 23.8. The number of nitrogens with one attached hydrogen (secondary N) is 3. The van der Waals surface area contributed by atoms with E-state index in [-0.39, 0.29) is 30.7 Å². The predicted octanol–water partition coefficient (Wildman–Crippen LogP) is 3.45. The van der Waals surface area contributed by atoms with E-state index < -0.39 is 85.6 Å². The van der Waals surface area contributed by atoms with E-state index in [0.717, 1.165) is 4.90 Å². The van der Waals surface area contributed by atoms with Gasteiger partial charge in [-0.05, 0) is 30.4 Å². The van der Waals surface area contributed by atoms with Gasteiger partial charge in [0.05, 0.1) is 42.8 Å². The number of fused-ring (bicyclic) bond motifs is 1. The number of aromatic nitrogens is 3. The van der Waals surface area contributed by atoms with Crippen LogP contribution in [0.15, 0.2) is 30.3 Å². The maximum atomic E-state index is 13.9. The topological polar surface area (TPSA) is 138 Å². The Bertz CT molecular complexity index is 1330. The Balaban J connectivity index is 1.58. The minimum atomic E-state index is -4.61. The molecule has 10 nitrogen and oxygen atoms in total. The van der Waals surface area contributed by atoms with Gasteiger partial charge in [-0.3, -0.25) is 4.79 Å². The lowest BCUT2D eigenvalue weighted by Gasteiger charge is -2.33. The van der Waals surface area contributed by atoms with E-state index in [4.69, 9.17) is 10.5 Å². The molecule has 2 aromatic heterocycles. The smallest absolute Gasteiger partial charge is 0.410 e. The maximum absolute atomic E-state index is 13.9. The number of carbonyl (C=O) groups is 2. The van der Waals surface area contributed by atoms with Crippen LogP contribution in [0.25, 0.3) is 5.65 Å². The lowest BCUT2D eigenvalue weighted by atomic mass is 9.81. The molecule has 3 amide bonds. The number of urea groups is 1. The first-order valence-electron chi connectivity index (χ1n) is 12.6. The molecule has 2 aliphatic rings. The maximum Gasteiger partial charge on any atom is 0.410 e. The van der Waals surface area contributed by atoms with Crippen molar-refractivity contribution in [3.05, 3.63) is 41.6 Å². The molecule has 1 saturated carbocycles. The van der Waals surface area contributed by atoms with E-state index in [0.29, 0.717) is 11.8 Å². The number of halogens is 7. The van der Waals surface area contributed by atoms with Gasteiger partial charge < -0.3 is 26.0 Å². The summed E-state index contributed by atoms with van der Waals surface area (Å²) in [5.41, 5.74) is -0.654. The molecule has 0 aromatic carbocycles. The Kier molecular flexibility index (Phi) is 8.44. The molecular formula is C24H27F7N7O3+. The molecular weight excluding hydrogens is 567 g/mol. The van der Waals surface area contributed by atoms with Gasteiger partial charge in [-0.25, -0.2) is 31.9 Å². The number of rotatable bonds is 9. The largest absolute Gasteiger partial charge is 0.598 e. The third-order valence-electron chi connectivity index (χ3n) is 7.06. The molecule has 5 N–H and O–H groups in total. The highest BCUT2D eigenvalue weighted by molar-refractivity contribution is 6.20. The van der Waals surface area contributed by atoms with Gasteiger partial charge in [-0.1, -0.05) is 0 Å². The van der Waals surface area contributed by atoms with Gasteiger partial charge in [0.2, 0.25) is 18.6 Å². The zero-order chi connectivity index (χ0) is 30.1. The minimum Gasteiger partial charge on any atom is -0.598 e. The van der Waals surface area contributed by atoms with Crippen molar-refractivity contribution in [2.45, 2.75) is 69.3 Å². The Morgan fingerprint density at radius 2 is 1.98 bits per heavy atom. The lowest BCUT2D eigenvalue weighted by Crippen LogP contribution is -2.40. The first kappa shape index (κ1) is 30.0. The molecule has 41 heavy (non-hydrogen) atoms. The standard InChI is InChI=1S/C24H26F7N7O3/c25-18(26)6-15(32)14(11-39)21(40)36-20(13-1-3-23(27,28)4-2-13)16-9-38-19(34-16)5-12(7-33-38)8-37-10-17(24(29,30)31)35-22(37)41/h5,7,9,11,13,17-18,20,32,39H,1-4,6,8,10H2,(H,35,41)(H,36,40)/p+1/b14-11+,32-15?/t17-,20-/m0/s1. The average Bonchev–Trinajstić information content (AvgIpc) is 3.46. The number of carbonyl (C=O) groups excluding carboxylic acids is 2. The van der Waals surface area contributed by atoms with Gasteiger partial charge in [0.25, 0.3) is 5.91 Å². The minimum absolute atomic E-state index is 0.0106. The van der Waals surface area contributed by atoms with Crippen LogP contribution < -0.4 is 10.6 Å². The Hall–Kier alpha value is -3.92. The van der Waals surface area contributed by atoms with Crippen molar-refractivity contribution in [1.82, 2.24) is 30.1 Å². The van der Waals surface area contributed by atoms with E-state index in [2.05, 4.69) is 15.4 Å². The molecule has 2 atom stereocenters. The van der Waals surface area contributed by atoms with Crippen LogP contribution in [0.2, 0.25) is 0 Å². The van der Waals surface area contributed by atoms with E-state index in [1.54, 1.807) is 0 Å². The van der Waals surface area contributed by atoms with Crippen molar-refractivity contribution in [1.29, 1.82) is 5.41 Å². The summed E-state index contributed by atoms with van der Waals surface area (Å²) in [6.45, 7) is -0.800. The fourth-order valence-corrected chi connectivity index (χ4v) is 4.90. The highest BCUT2D eigenvalue weighted by Crippen LogP contribution is 2.41. The second kappa shape index (κ2) is 11.5. The zero-order valence-electron chi connectivity index (χ0n) is 21.3. The summed E-state index contributed by atoms with van der Waals surface area (Å²) in [7, 11) is 0. The number of alkyl halides is 7. The zero-order valence-corrected chi connectivity index (χ0v) is 21.3. The number of nitrogens with zero attached hydrogens (tertiary/aromatic N) is 4. The molecule has 1 aliphatic carbocycles. The number of hydrogen-bond donors (Lipinski definition) is 3. The molecule has 1 aliphatic heterocycles. The summed E-state index contributed by atoms with van der Waals surface area (Å²) in [4.78, 5) is 30.3. The first-order valence-corrected chi connectivity index (χ1v) is 12.6. The molecule has 0 radical (unpaired) electrons. The second-order valence-corrected chi connectivity index (χ2v) is 10.0. The fraction of sp³-hybridized carbons (Fsp3) is 0.542. The quantitative estimate of drug-likeness (QED) is 0.135. The monoisotopic (exact) mass is 594 g/mol. The SMILES string of the molecule is N=C(CC(F)F)/C(=C\[OH2+])C(=O)N[C@H](c1cn2ncc(CN3C[C@@H](C(F)(F)F)NC3=O)cc2n1)C1CCC(F)(F)CC1. The van der Waals surface area contributed by atoms with Crippen molar-refractivity contribution in [2.75, 3.05) is 6.54 Å². The third kappa shape index (κ3) is 7.05. The molecule has 2 aromatic rings. The van der Waals surface area contributed by atoms with Gasteiger partial charge >= 0.3 is 12.2 Å². The van der Waals surface area contributed by atoms with Crippen LogP contribution in [0, 0.1) is 11.3 Å². The van der Waals surface area contributed by atoms with Crippen LogP contribution in [0.1, 0.15) is 49.4 Å². The van der Waals surface area contributed by atoms with Crippen LogP contribution in [0.3, 0.4) is 0 Å². The van der Waals surface area contributed by atoms with Gasteiger partial charge in [0.1, 0.15) is 11.6 Å². The van der Waals surface area contributed by atoms with Crippen molar-refractivity contribution < 1.29 is 45.4 Å². The molecule has 17 heteroatoms. The molecule has 3 heterocycles. The van der Waals surface area contributed by atoms with Crippen molar-refractivity contribution >= 4 is 23.3 Å². The lowest BCUT2D eigenvalue weighted by molar-refractivity contribution is -0.149. The van der Waals surface area contributed by atoms with Crippen LogP contribution in [-0.2, 0) is 11.3 Å². The predicted molar refractivity (Wildman–Crippen MR) is 130 cm³/mol. The van der Waals surface area contributed by atoms with Crippen LogP contribution in [0.5, 0.6) is 0 Å². The molecule has 0 bridgehead atoms. The normalized spacial score (nSPS) is 20.9. The second-order valence-electron chi connectivity index (χ2n) is 10.0. The van der Waals surface area contributed by atoms with Gasteiger partial charge in [-0.2, -0.15) is 18.3 Å². The summed E-state index contributed by atoms with van der Waals surface area (Å²) in [6.07, 6.45) is -6.34. The molecule has 2 fully saturated rings. The highest BCUT2D eigenvalue weighted by atomic mass is 19.4. The molecule has 4 rings (SSSR count). The number of imidazole rings is 1. The van der Waals surface area contributed by atoms with Crippen LogP contribution >= 0.6 is 0 Å². The molecule has 224 valence electrons. The fourth-order valence-electron chi connectivity index (χ4n) is 4.90. The average molecular weight is 595 g/mol. The first-order chi connectivity index (χ1) is 19.2. The Morgan fingerprint density at radius 1 is 1.29 bits per heavy atom. The Labute approximate surface area is 228 Å². The third-order valence-corrected chi connectivity index (χ3v) is 7.06. The number of hydrogen-bond acceptors (Lipinski definition) is 5. The number of amides is 3. The van der Waals surface area contributed by atoms with Crippen molar-refractivity contribution in [2.24, 2.45) is 5.92 Å². The van der Waals surface area contributed by atoms with E-state index in [1.165, 1.54) is 23.0 Å². The van der Waals surface area contributed by atoms with Crippen LogP contribution in [0.4, 0.5) is 35.5 Å². The molecule has 0 spiro atoms. The summed E-state index contributed by atoms with van der Waals surface area (Å²) in [6, 6.07) is -2.45. The van der Waals surface area contributed by atoms with Crippen molar-refractivity contribution in [3.8, 4) is 0 Å². The van der Waals surface area contributed by atoms with Crippen molar-refractivity contribution in [3.63, 3.8) is 0 Å². The Morgan fingerprint density at radius 3 is 2.56 bits per heavy atom. The molecule has 0 unspecified atom stereocenters. The van der Waals surface area contributed by atoms with Gasteiger partial charge in [-0.15, -0.1) is 0 Å². The summed E-state index contributed by atoms with van der Waals surface area (Å²) < 4.78 is 93.6.